The van der Waals surface area contributed by atoms with Crippen molar-refractivity contribution in [2.75, 3.05) is 22.9 Å². The van der Waals surface area contributed by atoms with Crippen molar-refractivity contribution < 1.29 is 13.2 Å². The number of hydrogen-bond acceptors (Lipinski definition) is 4. The van der Waals surface area contributed by atoms with Gasteiger partial charge in [-0.1, -0.05) is 13.0 Å². The Balaban J connectivity index is 2.04. The van der Waals surface area contributed by atoms with Crippen LogP contribution in [-0.4, -0.2) is 32.9 Å². The van der Waals surface area contributed by atoms with E-state index in [0.29, 0.717) is 11.7 Å². The highest BCUT2D eigenvalue weighted by atomic mass is 32.2. The summed E-state index contributed by atoms with van der Waals surface area (Å²) >= 11 is 0. The molecule has 0 bridgehead atoms. The van der Waals surface area contributed by atoms with Crippen LogP contribution in [0.5, 0.6) is 0 Å². The van der Waals surface area contributed by atoms with Gasteiger partial charge in [-0.15, -0.1) is 0 Å². The molecule has 21 heavy (non-hydrogen) atoms. The third-order valence-electron chi connectivity index (χ3n) is 3.88. The smallest absolute Gasteiger partial charge is 0.229 e. The molecule has 0 spiro atoms. The lowest BCUT2D eigenvalue weighted by atomic mass is 9.90. The summed E-state index contributed by atoms with van der Waals surface area (Å²) in [6, 6.07) is 7.70. The molecule has 0 aromatic heterocycles. The van der Waals surface area contributed by atoms with Crippen LogP contribution < -0.4 is 10.0 Å². The molecule has 1 aliphatic heterocycles. The first-order chi connectivity index (χ1) is 9.80. The van der Waals surface area contributed by atoms with E-state index in [2.05, 4.69) is 23.9 Å². The molecule has 1 saturated heterocycles. The molecule has 1 fully saturated rings. The van der Waals surface area contributed by atoms with Crippen molar-refractivity contribution >= 4 is 21.4 Å². The summed E-state index contributed by atoms with van der Waals surface area (Å²) in [5, 5.41) is 3.48. The Labute approximate surface area is 127 Å². The third-order valence-corrected chi connectivity index (χ3v) is 4.49. The summed E-state index contributed by atoms with van der Waals surface area (Å²) in [4.78, 5) is 0. The molecule has 2 unspecified atom stereocenters. The van der Waals surface area contributed by atoms with E-state index in [1.165, 1.54) is 0 Å². The number of benzene rings is 1. The molecule has 0 radical (unpaired) electrons. The summed E-state index contributed by atoms with van der Waals surface area (Å²) in [5.74, 6) is 0. The molecule has 0 saturated carbocycles. The molecule has 1 aromatic rings. The van der Waals surface area contributed by atoms with Gasteiger partial charge in [0.05, 0.1) is 17.5 Å². The number of ether oxygens (including phenoxy) is 1. The van der Waals surface area contributed by atoms with Gasteiger partial charge >= 0.3 is 0 Å². The van der Waals surface area contributed by atoms with Crippen molar-refractivity contribution in [3.63, 3.8) is 0 Å². The van der Waals surface area contributed by atoms with Gasteiger partial charge in [-0.2, -0.15) is 0 Å². The van der Waals surface area contributed by atoms with Gasteiger partial charge in [-0.25, -0.2) is 8.42 Å². The van der Waals surface area contributed by atoms with Gasteiger partial charge in [-0.3, -0.25) is 4.72 Å². The molecular formula is C15H24N2O3S. The minimum atomic E-state index is -3.25. The summed E-state index contributed by atoms with van der Waals surface area (Å²) in [7, 11) is -3.25. The van der Waals surface area contributed by atoms with Crippen LogP contribution >= 0.6 is 0 Å². The lowest BCUT2D eigenvalue weighted by Gasteiger charge is -2.38. The molecule has 2 rings (SSSR count). The van der Waals surface area contributed by atoms with E-state index in [-0.39, 0.29) is 5.60 Å². The molecular weight excluding hydrogens is 288 g/mol. The maximum atomic E-state index is 11.3. The van der Waals surface area contributed by atoms with Crippen molar-refractivity contribution in [3.8, 4) is 0 Å². The zero-order chi connectivity index (χ0) is 15.5. The standard InChI is InChI=1S/C15H24N2O3S/c1-4-15(2)11-14(8-9-20-15)16-12-6-5-7-13(10-12)17-21(3,18)19/h5-7,10,14,16-17H,4,8-9,11H2,1-3H3. The van der Waals surface area contributed by atoms with Gasteiger partial charge in [0.25, 0.3) is 0 Å². The van der Waals surface area contributed by atoms with E-state index in [4.69, 9.17) is 4.74 Å². The number of nitrogens with one attached hydrogen (secondary N) is 2. The summed E-state index contributed by atoms with van der Waals surface area (Å²) in [6.07, 6.45) is 4.05. The normalized spacial score (nSPS) is 26.3. The fourth-order valence-electron chi connectivity index (χ4n) is 2.62. The van der Waals surface area contributed by atoms with Crippen molar-refractivity contribution in [3.05, 3.63) is 24.3 Å². The van der Waals surface area contributed by atoms with E-state index in [9.17, 15) is 8.42 Å². The highest BCUT2D eigenvalue weighted by Gasteiger charge is 2.31. The van der Waals surface area contributed by atoms with E-state index in [1.807, 2.05) is 18.2 Å². The van der Waals surface area contributed by atoms with Crippen LogP contribution in [0.1, 0.15) is 33.1 Å². The van der Waals surface area contributed by atoms with Crippen LogP contribution in [0.3, 0.4) is 0 Å². The SMILES string of the molecule is CCC1(C)CC(Nc2cccc(NS(C)(=O)=O)c2)CCO1. The largest absolute Gasteiger partial charge is 0.382 e. The van der Waals surface area contributed by atoms with E-state index in [1.54, 1.807) is 6.07 Å². The van der Waals surface area contributed by atoms with Crippen LogP contribution in [0.4, 0.5) is 11.4 Å². The third kappa shape index (κ3) is 4.89. The Hall–Kier alpha value is -1.27. The second-order valence-corrected chi connectivity index (χ2v) is 7.69. The highest BCUT2D eigenvalue weighted by Crippen LogP contribution is 2.30. The van der Waals surface area contributed by atoms with Crippen LogP contribution in [0, 0.1) is 0 Å². The fourth-order valence-corrected chi connectivity index (χ4v) is 3.18. The predicted molar refractivity (Wildman–Crippen MR) is 86.2 cm³/mol. The zero-order valence-corrected chi connectivity index (χ0v) is 13.7. The molecule has 1 heterocycles. The van der Waals surface area contributed by atoms with Gasteiger partial charge in [0.15, 0.2) is 0 Å². The lowest BCUT2D eigenvalue weighted by molar-refractivity contribution is -0.0708. The van der Waals surface area contributed by atoms with Crippen LogP contribution in [0.25, 0.3) is 0 Å². The minimum Gasteiger partial charge on any atom is -0.382 e. The Kier molecular flexibility index (Phi) is 4.78. The number of anilines is 2. The second kappa shape index (κ2) is 6.23. The van der Waals surface area contributed by atoms with Gasteiger partial charge in [0.1, 0.15) is 0 Å². The van der Waals surface area contributed by atoms with Crippen molar-refractivity contribution in [1.82, 2.24) is 0 Å². The van der Waals surface area contributed by atoms with E-state index in [0.717, 1.165) is 37.8 Å². The Morgan fingerprint density at radius 2 is 2.10 bits per heavy atom. The van der Waals surface area contributed by atoms with Crippen molar-refractivity contribution in [2.45, 2.75) is 44.8 Å². The van der Waals surface area contributed by atoms with Gasteiger partial charge in [0, 0.05) is 18.3 Å². The first-order valence-electron chi connectivity index (χ1n) is 7.28. The highest BCUT2D eigenvalue weighted by molar-refractivity contribution is 7.92. The number of hydrogen-bond donors (Lipinski definition) is 2. The van der Waals surface area contributed by atoms with Crippen LogP contribution in [-0.2, 0) is 14.8 Å². The molecule has 2 N–H and O–H groups in total. The fraction of sp³-hybridized carbons (Fsp3) is 0.600. The van der Waals surface area contributed by atoms with Gasteiger partial charge in [-0.05, 0) is 44.4 Å². The zero-order valence-electron chi connectivity index (χ0n) is 12.8. The topological polar surface area (TPSA) is 67.4 Å². The predicted octanol–water partition coefficient (Wildman–Crippen LogP) is 2.82. The van der Waals surface area contributed by atoms with Crippen LogP contribution in [0.2, 0.25) is 0 Å². The molecule has 118 valence electrons. The number of rotatable bonds is 5. The Morgan fingerprint density at radius 1 is 1.38 bits per heavy atom. The van der Waals surface area contributed by atoms with E-state index >= 15 is 0 Å². The second-order valence-electron chi connectivity index (χ2n) is 5.94. The minimum absolute atomic E-state index is 0.0709. The van der Waals surface area contributed by atoms with Gasteiger partial charge < -0.3 is 10.1 Å². The maximum absolute atomic E-state index is 11.3. The summed E-state index contributed by atoms with van der Waals surface area (Å²) in [5.41, 5.74) is 1.43. The molecule has 1 aliphatic rings. The first-order valence-corrected chi connectivity index (χ1v) is 9.17. The van der Waals surface area contributed by atoms with Gasteiger partial charge in [0.2, 0.25) is 10.0 Å². The monoisotopic (exact) mass is 312 g/mol. The Bertz CT molecular complexity index is 588. The Morgan fingerprint density at radius 3 is 2.76 bits per heavy atom. The quantitative estimate of drug-likeness (QED) is 0.877. The molecule has 1 aromatic carbocycles. The maximum Gasteiger partial charge on any atom is 0.229 e. The summed E-state index contributed by atoms with van der Waals surface area (Å²) < 4.78 is 30.9. The van der Waals surface area contributed by atoms with E-state index < -0.39 is 10.0 Å². The molecule has 5 nitrogen and oxygen atoms in total. The molecule has 0 aliphatic carbocycles. The lowest BCUT2D eigenvalue weighted by Crippen LogP contribution is -2.41. The average Bonchev–Trinajstić information content (AvgIpc) is 2.37. The van der Waals surface area contributed by atoms with Crippen molar-refractivity contribution in [1.29, 1.82) is 0 Å². The molecule has 0 amide bonds. The molecule has 2 atom stereocenters. The van der Waals surface area contributed by atoms with Crippen molar-refractivity contribution in [2.24, 2.45) is 0 Å². The summed E-state index contributed by atoms with van der Waals surface area (Å²) in [6.45, 7) is 5.03. The average molecular weight is 312 g/mol. The first kappa shape index (κ1) is 16.1. The number of sulfonamides is 1. The van der Waals surface area contributed by atoms with Crippen LogP contribution in [0.15, 0.2) is 24.3 Å². The molecule has 6 heteroatoms.